The molecule has 0 unspecified atom stereocenters. The molecule has 0 N–H and O–H groups in total. The van der Waals surface area contributed by atoms with E-state index in [1.807, 2.05) is 36.1 Å². The van der Waals surface area contributed by atoms with Crippen LogP contribution in [-0.4, -0.2) is 60.1 Å². The summed E-state index contributed by atoms with van der Waals surface area (Å²) in [4.78, 5) is 21.5. The van der Waals surface area contributed by atoms with Crippen molar-refractivity contribution in [3.8, 4) is 11.5 Å². The smallest absolute Gasteiger partial charge is 0.260 e. The van der Waals surface area contributed by atoms with Crippen molar-refractivity contribution >= 4 is 17.2 Å². The highest BCUT2D eigenvalue weighted by Crippen LogP contribution is 2.26. The molecule has 2 heterocycles. The normalized spacial score (nSPS) is 15.4. The Bertz CT molecular complexity index is 790. The van der Waals surface area contributed by atoms with E-state index >= 15 is 0 Å². The third-order valence-corrected chi connectivity index (χ3v) is 6.12. The Kier molecular flexibility index (Phi) is 7.14. The van der Waals surface area contributed by atoms with Crippen molar-refractivity contribution in [1.82, 2.24) is 14.8 Å². The van der Waals surface area contributed by atoms with Gasteiger partial charge in [-0.3, -0.25) is 9.69 Å². The monoisotopic (exact) mass is 417 g/mol. The number of thiazole rings is 1. The van der Waals surface area contributed by atoms with Gasteiger partial charge in [0.25, 0.3) is 5.91 Å². The minimum atomic E-state index is 0.0298. The number of carbonyl (C=O) groups excluding carboxylic acids is 1. The van der Waals surface area contributed by atoms with Gasteiger partial charge in [0, 0.05) is 43.5 Å². The number of piperazine rings is 1. The molecule has 1 saturated heterocycles. The lowest BCUT2D eigenvalue weighted by atomic mass is 9.98. The van der Waals surface area contributed by atoms with Gasteiger partial charge in [0.2, 0.25) is 0 Å². The zero-order chi connectivity index (χ0) is 20.9. The Morgan fingerprint density at radius 1 is 1.07 bits per heavy atom. The van der Waals surface area contributed by atoms with E-state index in [1.54, 1.807) is 11.3 Å². The van der Waals surface area contributed by atoms with Crippen LogP contribution in [0, 0.1) is 0 Å². The van der Waals surface area contributed by atoms with Crippen LogP contribution in [0.1, 0.15) is 38.4 Å². The molecule has 1 aromatic carbocycles. The maximum absolute atomic E-state index is 12.5. The summed E-state index contributed by atoms with van der Waals surface area (Å²) in [6, 6.07) is 7.36. The minimum absolute atomic E-state index is 0.0298. The Balaban J connectivity index is 1.41. The molecule has 1 fully saturated rings. The first kappa shape index (κ1) is 21.6. The van der Waals surface area contributed by atoms with E-state index in [0.717, 1.165) is 44.2 Å². The molecule has 0 aliphatic carbocycles. The first-order valence-electron chi connectivity index (χ1n) is 10.2. The molecule has 1 aliphatic heterocycles. The molecule has 1 aliphatic rings. The lowest BCUT2D eigenvalue weighted by Gasteiger charge is -2.34. The first-order valence-corrected chi connectivity index (χ1v) is 11.0. The first-order chi connectivity index (χ1) is 13.8. The van der Waals surface area contributed by atoms with Gasteiger partial charge in [-0.25, -0.2) is 4.98 Å². The van der Waals surface area contributed by atoms with Gasteiger partial charge >= 0.3 is 0 Å². The number of hydrogen-bond donors (Lipinski definition) is 0. The van der Waals surface area contributed by atoms with E-state index in [9.17, 15) is 4.79 Å². The number of ether oxygens (including phenoxy) is 2. The van der Waals surface area contributed by atoms with Crippen LogP contribution in [0.15, 0.2) is 29.6 Å². The number of carbonyl (C=O) groups is 1. The number of benzene rings is 1. The second kappa shape index (κ2) is 9.59. The van der Waals surface area contributed by atoms with Crippen molar-refractivity contribution in [3.05, 3.63) is 40.3 Å². The summed E-state index contributed by atoms with van der Waals surface area (Å²) in [5.74, 6) is 1.51. The molecule has 2 aromatic rings. The van der Waals surface area contributed by atoms with Gasteiger partial charge in [-0.1, -0.05) is 20.8 Å². The predicted octanol–water partition coefficient (Wildman–Crippen LogP) is 3.56. The summed E-state index contributed by atoms with van der Waals surface area (Å²) in [7, 11) is 0. The fraction of sp³-hybridized carbons (Fsp3) is 0.545. The van der Waals surface area contributed by atoms with Crippen LogP contribution in [0.3, 0.4) is 0 Å². The molecule has 0 atom stereocenters. The number of rotatable bonds is 7. The molecule has 7 heteroatoms. The van der Waals surface area contributed by atoms with Gasteiger partial charge in [0.05, 0.1) is 17.3 Å². The Labute approximate surface area is 177 Å². The quantitative estimate of drug-likeness (QED) is 0.689. The summed E-state index contributed by atoms with van der Waals surface area (Å²) < 4.78 is 11.1. The standard InChI is InChI=1S/C22H31N3O3S/c1-5-27-18-6-8-19(9-7-18)28-15-20(26)25-12-10-24(11-13-25)14-17-16-29-21(23-17)22(2,3)4/h6-9,16H,5,10-15H2,1-4H3. The van der Waals surface area contributed by atoms with Gasteiger partial charge in [0.1, 0.15) is 11.5 Å². The molecule has 158 valence electrons. The molecule has 1 amide bonds. The van der Waals surface area contributed by atoms with Gasteiger partial charge in [-0.05, 0) is 31.2 Å². The fourth-order valence-electron chi connectivity index (χ4n) is 3.14. The van der Waals surface area contributed by atoms with E-state index in [-0.39, 0.29) is 17.9 Å². The second-order valence-electron chi connectivity index (χ2n) is 8.24. The fourth-order valence-corrected chi connectivity index (χ4v) is 4.04. The topological polar surface area (TPSA) is 54.9 Å². The zero-order valence-corrected chi connectivity index (χ0v) is 18.6. The molecule has 6 nitrogen and oxygen atoms in total. The average molecular weight is 418 g/mol. The molecule has 29 heavy (non-hydrogen) atoms. The summed E-state index contributed by atoms with van der Waals surface area (Å²) in [6.45, 7) is 13.2. The third-order valence-electron chi connectivity index (χ3n) is 4.80. The van der Waals surface area contributed by atoms with Crippen molar-refractivity contribution < 1.29 is 14.3 Å². The van der Waals surface area contributed by atoms with Crippen LogP contribution < -0.4 is 9.47 Å². The lowest BCUT2D eigenvalue weighted by molar-refractivity contribution is -0.135. The van der Waals surface area contributed by atoms with Gasteiger partial charge < -0.3 is 14.4 Å². The van der Waals surface area contributed by atoms with Crippen molar-refractivity contribution in [1.29, 1.82) is 0 Å². The maximum Gasteiger partial charge on any atom is 0.260 e. The number of nitrogens with zero attached hydrogens (tertiary/aromatic N) is 3. The van der Waals surface area contributed by atoms with E-state index in [1.165, 1.54) is 5.01 Å². The molecule has 0 radical (unpaired) electrons. The van der Waals surface area contributed by atoms with Crippen LogP contribution >= 0.6 is 11.3 Å². The van der Waals surface area contributed by atoms with E-state index in [0.29, 0.717) is 12.4 Å². The highest BCUT2D eigenvalue weighted by atomic mass is 32.1. The van der Waals surface area contributed by atoms with Crippen molar-refractivity contribution in [3.63, 3.8) is 0 Å². The summed E-state index contributed by atoms with van der Waals surface area (Å²) in [5.41, 5.74) is 1.22. The number of amides is 1. The van der Waals surface area contributed by atoms with E-state index in [4.69, 9.17) is 14.5 Å². The predicted molar refractivity (Wildman–Crippen MR) is 116 cm³/mol. The lowest BCUT2D eigenvalue weighted by Crippen LogP contribution is -2.49. The molecule has 1 aromatic heterocycles. The second-order valence-corrected chi connectivity index (χ2v) is 9.10. The van der Waals surface area contributed by atoms with Crippen LogP contribution in [0.5, 0.6) is 11.5 Å². The average Bonchev–Trinajstić information content (AvgIpc) is 3.17. The molecule has 0 bridgehead atoms. The summed E-state index contributed by atoms with van der Waals surface area (Å²) in [6.07, 6.45) is 0. The third kappa shape index (κ3) is 6.18. The number of hydrogen-bond acceptors (Lipinski definition) is 6. The molecule has 0 spiro atoms. The SMILES string of the molecule is CCOc1ccc(OCC(=O)N2CCN(Cc3csc(C(C)(C)C)n3)CC2)cc1. The largest absolute Gasteiger partial charge is 0.494 e. The van der Waals surface area contributed by atoms with Gasteiger partial charge in [-0.15, -0.1) is 11.3 Å². The van der Waals surface area contributed by atoms with Gasteiger partial charge in [-0.2, -0.15) is 0 Å². The van der Waals surface area contributed by atoms with E-state index < -0.39 is 0 Å². The summed E-state index contributed by atoms with van der Waals surface area (Å²) >= 11 is 1.73. The Morgan fingerprint density at radius 2 is 1.69 bits per heavy atom. The Hall–Kier alpha value is -2.12. The zero-order valence-electron chi connectivity index (χ0n) is 17.8. The van der Waals surface area contributed by atoms with E-state index in [2.05, 4.69) is 31.1 Å². The summed E-state index contributed by atoms with van der Waals surface area (Å²) in [5, 5.41) is 3.33. The molecule has 0 saturated carbocycles. The van der Waals surface area contributed by atoms with Gasteiger partial charge in [0.15, 0.2) is 6.61 Å². The molecule has 3 rings (SSSR count). The van der Waals surface area contributed by atoms with Crippen molar-refractivity contribution in [2.24, 2.45) is 0 Å². The van der Waals surface area contributed by atoms with Crippen LogP contribution in [0.25, 0.3) is 0 Å². The molecular formula is C22H31N3O3S. The Morgan fingerprint density at radius 3 is 2.24 bits per heavy atom. The van der Waals surface area contributed by atoms with Crippen molar-refractivity contribution in [2.45, 2.75) is 39.7 Å². The van der Waals surface area contributed by atoms with Crippen LogP contribution in [0.4, 0.5) is 0 Å². The molecular weight excluding hydrogens is 386 g/mol. The van der Waals surface area contributed by atoms with Crippen molar-refractivity contribution in [2.75, 3.05) is 39.4 Å². The minimum Gasteiger partial charge on any atom is -0.494 e. The highest BCUT2D eigenvalue weighted by molar-refractivity contribution is 7.09. The number of aromatic nitrogens is 1. The van der Waals surface area contributed by atoms with Crippen LogP contribution in [0.2, 0.25) is 0 Å². The van der Waals surface area contributed by atoms with Crippen LogP contribution in [-0.2, 0) is 16.8 Å². The highest BCUT2D eigenvalue weighted by Gasteiger charge is 2.23. The maximum atomic E-state index is 12.5.